The summed E-state index contributed by atoms with van der Waals surface area (Å²) in [6.07, 6.45) is 3.25. The molecule has 4 saturated heterocycles. The van der Waals surface area contributed by atoms with E-state index in [0.717, 1.165) is 25.9 Å². The van der Waals surface area contributed by atoms with Crippen molar-refractivity contribution in [1.29, 1.82) is 0 Å². The van der Waals surface area contributed by atoms with E-state index in [1.54, 1.807) is 4.90 Å². The first-order valence-corrected chi connectivity index (χ1v) is 6.76. The van der Waals surface area contributed by atoms with Crippen LogP contribution in [0.25, 0.3) is 0 Å². The molecule has 0 N–H and O–H groups in total. The molecule has 2 bridgehead atoms. The Labute approximate surface area is 105 Å². The Bertz CT molecular complexity index is 448. The highest BCUT2D eigenvalue weighted by Crippen LogP contribution is 2.59. The third-order valence-corrected chi connectivity index (χ3v) is 5.13. The van der Waals surface area contributed by atoms with Crippen molar-refractivity contribution in [3.63, 3.8) is 0 Å². The molecule has 0 saturated carbocycles. The molecular weight excluding hydrogens is 234 g/mol. The van der Waals surface area contributed by atoms with Gasteiger partial charge in [-0.25, -0.2) is 0 Å². The van der Waals surface area contributed by atoms with Crippen molar-refractivity contribution in [2.45, 2.75) is 50.0 Å². The largest absolute Gasteiger partial charge is 0.373 e. The van der Waals surface area contributed by atoms with Gasteiger partial charge in [-0.2, -0.15) is 0 Å². The van der Waals surface area contributed by atoms with E-state index in [9.17, 15) is 9.59 Å². The maximum atomic E-state index is 12.5. The molecule has 0 aromatic rings. The number of rotatable bonds is 1. The van der Waals surface area contributed by atoms with Crippen molar-refractivity contribution < 1.29 is 19.1 Å². The summed E-state index contributed by atoms with van der Waals surface area (Å²) in [6, 6.07) is 0. The van der Waals surface area contributed by atoms with Gasteiger partial charge in [0.15, 0.2) is 11.5 Å². The molecule has 0 aromatic heterocycles. The molecule has 4 aliphatic heterocycles. The Morgan fingerprint density at radius 1 is 1.44 bits per heavy atom. The van der Waals surface area contributed by atoms with E-state index < -0.39 is 11.3 Å². The zero-order chi connectivity index (χ0) is 12.5. The molecule has 0 radical (unpaired) electrons. The van der Waals surface area contributed by atoms with Crippen molar-refractivity contribution in [1.82, 2.24) is 4.90 Å². The summed E-state index contributed by atoms with van der Waals surface area (Å²) in [6.45, 7) is 2.89. The normalized spacial score (nSPS) is 49.4. The zero-order valence-corrected chi connectivity index (χ0v) is 10.5. The summed E-state index contributed by atoms with van der Waals surface area (Å²) in [5, 5.41) is 0. The van der Waals surface area contributed by atoms with Gasteiger partial charge < -0.3 is 14.4 Å². The number of hydrogen-bond donors (Lipinski definition) is 0. The second-order valence-corrected chi connectivity index (χ2v) is 5.89. The molecule has 18 heavy (non-hydrogen) atoms. The molecular formula is C13H17NO4. The van der Waals surface area contributed by atoms with E-state index in [2.05, 4.69) is 0 Å². The summed E-state index contributed by atoms with van der Waals surface area (Å²) in [5.74, 6) is -0.0102. The summed E-state index contributed by atoms with van der Waals surface area (Å²) in [5.41, 5.74) is -1.82. The lowest BCUT2D eigenvalue weighted by Crippen LogP contribution is -2.66. The van der Waals surface area contributed by atoms with Crippen LogP contribution in [0.4, 0.5) is 0 Å². The molecule has 98 valence electrons. The van der Waals surface area contributed by atoms with Gasteiger partial charge in [0.1, 0.15) is 6.10 Å². The Hall–Kier alpha value is -0.940. The number of nitrogens with zero attached hydrogens (tertiary/aromatic N) is 1. The Morgan fingerprint density at radius 2 is 2.28 bits per heavy atom. The fourth-order valence-corrected chi connectivity index (χ4v) is 4.33. The summed E-state index contributed by atoms with van der Waals surface area (Å²) < 4.78 is 11.9. The Balaban J connectivity index is 1.87. The van der Waals surface area contributed by atoms with E-state index in [1.807, 2.05) is 0 Å². The van der Waals surface area contributed by atoms with Crippen LogP contribution in [0.15, 0.2) is 0 Å². The van der Waals surface area contributed by atoms with Crippen molar-refractivity contribution >= 4 is 11.7 Å². The molecule has 4 aliphatic rings. The molecule has 4 heterocycles. The van der Waals surface area contributed by atoms with Crippen LogP contribution < -0.4 is 0 Å². The number of carbonyl (C=O) groups excluding carboxylic acids is 2. The number of ether oxygens (including phenoxy) is 2. The average molecular weight is 251 g/mol. The van der Waals surface area contributed by atoms with Crippen LogP contribution in [0.3, 0.4) is 0 Å². The lowest BCUT2D eigenvalue weighted by atomic mass is 9.73. The molecule has 0 aliphatic carbocycles. The van der Waals surface area contributed by atoms with Gasteiger partial charge in [0.05, 0.1) is 0 Å². The van der Waals surface area contributed by atoms with Crippen LogP contribution in [-0.2, 0) is 19.1 Å². The molecule has 5 heteroatoms. The van der Waals surface area contributed by atoms with Gasteiger partial charge in [-0.3, -0.25) is 9.59 Å². The standard InChI is InChI=1S/C13H17NO4/c1-8(15)12-7-9-4-6-17-10-3-2-5-14(11(12)16)13(9,10)18-12/h9-10H,2-7H2,1H3/t9-,10-,12-,13+/m0/s1. The van der Waals surface area contributed by atoms with Crippen molar-refractivity contribution in [3.8, 4) is 0 Å². The third kappa shape index (κ3) is 0.947. The SMILES string of the molecule is CC(=O)[C@@]12C[C@@H]3CCO[C@H]4CCCN(C1=O)[C@@]34O2. The minimum Gasteiger partial charge on any atom is -0.373 e. The van der Waals surface area contributed by atoms with E-state index in [4.69, 9.17) is 9.47 Å². The topological polar surface area (TPSA) is 55.8 Å². The summed E-state index contributed by atoms with van der Waals surface area (Å²) >= 11 is 0. The number of Topliss-reactive ketones (excluding diaryl/α,β-unsaturated/α-hetero) is 1. The molecule has 0 unspecified atom stereocenters. The summed E-state index contributed by atoms with van der Waals surface area (Å²) in [4.78, 5) is 26.3. The second-order valence-electron chi connectivity index (χ2n) is 5.89. The molecule has 4 rings (SSSR count). The number of carbonyl (C=O) groups is 2. The van der Waals surface area contributed by atoms with Gasteiger partial charge >= 0.3 is 0 Å². The molecule has 1 spiro atoms. The van der Waals surface area contributed by atoms with Crippen molar-refractivity contribution in [2.75, 3.05) is 13.2 Å². The number of hydrogen-bond acceptors (Lipinski definition) is 4. The maximum Gasteiger partial charge on any atom is 0.265 e. The number of ketones is 1. The lowest BCUT2D eigenvalue weighted by molar-refractivity contribution is -0.236. The molecule has 5 nitrogen and oxygen atoms in total. The van der Waals surface area contributed by atoms with E-state index >= 15 is 0 Å². The number of amides is 1. The van der Waals surface area contributed by atoms with Crippen LogP contribution in [0.2, 0.25) is 0 Å². The average Bonchev–Trinajstić information content (AvgIpc) is 2.83. The third-order valence-electron chi connectivity index (χ3n) is 5.13. The monoisotopic (exact) mass is 251 g/mol. The second kappa shape index (κ2) is 3.14. The first-order chi connectivity index (χ1) is 8.61. The molecule has 4 fully saturated rings. The quantitative estimate of drug-likeness (QED) is 0.636. The van der Waals surface area contributed by atoms with Gasteiger partial charge in [-0.1, -0.05) is 0 Å². The van der Waals surface area contributed by atoms with Crippen LogP contribution >= 0.6 is 0 Å². The highest BCUT2D eigenvalue weighted by atomic mass is 16.6. The minimum absolute atomic E-state index is 0.0438. The predicted octanol–water partition coefficient (Wildman–Crippen LogP) is 0.472. The van der Waals surface area contributed by atoms with Crippen LogP contribution in [-0.4, -0.2) is 47.2 Å². The van der Waals surface area contributed by atoms with E-state index in [-0.39, 0.29) is 23.7 Å². The Morgan fingerprint density at radius 3 is 3.06 bits per heavy atom. The lowest BCUT2D eigenvalue weighted by Gasteiger charge is -2.51. The molecule has 1 amide bonds. The van der Waals surface area contributed by atoms with Gasteiger partial charge in [0.25, 0.3) is 5.91 Å². The fraction of sp³-hybridized carbons (Fsp3) is 0.846. The van der Waals surface area contributed by atoms with Crippen LogP contribution in [0.1, 0.15) is 32.6 Å². The maximum absolute atomic E-state index is 12.5. The highest BCUT2D eigenvalue weighted by Gasteiger charge is 2.76. The molecule has 4 atom stereocenters. The number of fused-ring (bicyclic) bond motifs is 1. The predicted molar refractivity (Wildman–Crippen MR) is 60.6 cm³/mol. The van der Waals surface area contributed by atoms with Crippen LogP contribution in [0, 0.1) is 5.92 Å². The Kier molecular flexibility index (Phi) is 1.91. The minimum atomic E-state index is -1.19. The zero-order valence-electron chi connectivity index (χ0n) is 10.5. The van der Waals surface area contributed by atoms with Crippen molar-refractivity contribution in [3.05, 3.63) is 0 Å². The van der Waals surface area contributed by atoms with E-state index in [1.165, 1.54) is 6.92 Å². The smallest absolute Gasteiger partial charge is 0.265 e. The van der Waals surface area contributed by atoms with Crippen molar-refractivity contribution in [2.24, 2.45) is 5.92 Å². The van der Waals surface area contributed by atoms with Gasteiger partial charge in [-0.05, 0) is 26.2 Å². The van der Waals surface area contributed by atoms with Gasteiger partial charge in [0, 0.05) is 25.5 Å². The first kappa shape index (κ1) is 10.9. The summed E-state index contributed by atoms with van der Waals surface area (Å²) in [7, 11) is 0. The first-order valence-electron chi connectivity index (χ1n) is 6.76. The van der Waals surface area contributed by atoms with Gasteiger partial charge in [-0.15, -0.1) is 0 Å². The van der Waals surface area contributed by atoms with Gasteiger partial charge in [0.2, 0.25) is 5.60 Å². The van der Waals surface area contributed by atoms with E-state index in [0.29, 0.717) is 13.0 Å². The van der Waals surface area contributed by atoms with Crippen LogP contribution in [0.5, 0.6) is 0 Å². The fourth-order valence-electron chi connectivity index (χ4n) is 4.33. The highest BCUT2D eigenvalue weighted by molar-refractivity contribution is 6.11. The molecule has 0 aromatic carbocycles. The number of piperidine rings is 2.